The van der Waals surface area contributed by atoms with Crippen LogP contribution in [0.1, 0.15) is 0 Å². The van der Waals surface area contributed by atoms with Crippen LogP contribution in [0.15, 0.2) is 12.1 Å². The van der Waals surface area contributed by atoms with Crippen LogP contribution in [0.5, 0.6) is 5.75 Å². The lowest BCUT2D eigenvalue weighted by Crippen LogP contribution is -2.50. The zero-order chi connectivity index (χ0) is 15.0. The molecule has 0 bridgehead atoms. The first-order valence-electron chi connectivity index (χ1n) is 4.47. The van der Waals surface area contributed by atoms with E-state index < -0.39 is 41.5 Å². The Morgan fingerprint density at radius 1 is 1.00 bits per heavy atom. The number of alkyl halides is 6. The van der Waals surface area contributed by atoms with Gasteiger partial charge in [-0.05, 0) is 12.1 Å². The van der Waals surface area contributed by atoms with Crippen LogP contribution in [-0.2, 0) is 0 Å². The molecule has 19 heavy (non-hydrogen) atoms. The van der Waals surface area contributed by atoms with Gasteiger partial charge in [-0.25, -0.2) is 13.2 Å². The quantitative estimate of drug-likeness (QED) is 0.682. The van der Waals surface area contributed by atoms with Crippen molar-refractivity contribution in [3.63, 3.8) is 0 Å². The number of halogens is 8. The SMILES string of the molecule is Nc1ccc(OC(F)(F)C(F)(F)C(F)F)c(F)c1F. The van der Waals surface area contributed by atoms with Crippen molar-refractivity contribution in [1.29, 1.82) is 0 Å². The van der Waals surface area contributed by atoms with E-state index in [-0.39, 0.29) is 0 Å². The van der Waals surface area contributed by atoms with Gasteiger partial charge >= 0.3 is 18.5 Å². The summed E-state index contributed by atoms with van der Waals surface area (Å²) in [6.45, 7) is 0. The molecule has 0 amide bonds. The molecule has 1 aromatic carbocycles. The van der Waals surface area contributed by atoms with Crippen molar-refractivity contribution in [2.24, 2.45) is 0 Å². The van der Waals surface area contributed by atoms with Gasteiger partial charge in [-0.1, -0.05) is 0 Å². The number of hydrogen-bond acceptors (Lipinski definition) is 2. The highest BCUT2D eigenvalue weighted by atomic mass is 19.3. The molecule has 0 unspecified atom stereocenters. The second-order valence-electron chi connectivity index (χ2n) is 3.32. The third-order valence-electron chi connectivity index (χ3n) is 1.98. The zero-order valence-corrected chi connectivity index (χ0v) is 8.74. The first kappa shape index (κ1) is 15.3. The van der Waals surface area contributed by atoms with E-state index in [1.807, 2.05) is 0 Å². The van der Waals surface area contributed by atoms with Crippen LogP contribution in [0.3, 0.4) is 0 Å². The van der Waals surface area contributed by atoms with Crippen molar-refractivity contribution in [1.82, 2.24) is 0 Å². The van der Waals surface area contributed by atoms with Crippen molar-refractivity contribution in [2.45, 2.75) is 18.5 Å². The van der Waals surface area contributed by atoms with Crippen LogP contribution in [-0.4, -0.2) is 18.5 Å². The van der Waals surface area contributed by atoms with Crippen LogP contribution in [0.4, 0.5) is 40.8 Å². The van der Waals surface area contributed by atoms with Crippen LogP contribution in [0, 0.1) is 11.6 Å². The smallest absolute Gasteiger partial charge is 0.425 e. The molecule has 0 aliphatic heterocycles. The van der Waals surface area contributed by atoms with Crippen LogP contribution in [0.25, 0.3) is 0 Å². The van der Waals surface area contributed by atoms with Gasteiger partial charge in [-0.15, -0.1) is 0 Å². The highest BCUT2D eigenvalue weighted by Gasteiger charge is 2.66. The number of hydrogen-bond donors (Lipinski definition) is 1. The third kappa shape index (κ3) is 2.66. The molecule has 0 heterocycles. The molecular weight excluding hydrogens is 290 g/mol. The summed E-state index contributed by atoms with van der Waals surface area (Å²) < 4.78 is 103. The first-order chi connectivity index (χ1) is 8.50. The van der Waals surface area contributed by atoms with E-state index >= 15 is 0 Å². The van der Waals surface area contributed by atoms with Crippen LogP contribution >= 0.6 is 0 Å². The van der Waals surface area contributed by atoms with E-state index in [4.69, 9.17) is 5.73 Å². The molecule has 0 atom stereocenters. The largest absolute Gasteiger partial charge is 0.470 e. The average Bonchev–Trinajstić information content (AvgIpc) is 2.29. The molecule has 0 fully saturated rings. The predicted octanol–water partition coefficient (Wildman–Crippen LogP) is 3.42. The maximum Gasteiger partial charge on any atom is 0.470 e. The summed E-state index contributed by atoms with van der Waals surface area (Å²) in [6, 6.07) is 0.855. The Morgan fingerprint density at radius 3 is 2.00 bits per heavy atom. The molecule has 1 aromatic rings. The molecule has 1 rings (SSSR count). The van der Waals surface area contributed by atoms with Gasteiger partial charge in [0.05, 0.1) is 5.69 Å². The molecule has 0 spiro atoms. The van der Waals surface area contributed by atoms with E-state index in [0.29, 0.717) is 12.1 Å². The van der Waals surface area contributed by atoms with Gasteiger partial charge in [0, 0.05) is 0 Å². The Labute approximate surface area is 100 Å². The highest BCUT2D eigenvalue weighted by molar-refractivity contribution is 5.44. The van der Waals surface area contributed by atoms with E-state index in [9.17, 15) is 35.1 Å². The Balaban J connectivity index is 3.12. The summed E-state index contributed by atoms with van der Waals surface area (Å²) in [5, 5.41) is 0. The summed E-state index contributed by atoms with van der Waals surface area (Å²) in [5.74, 6) is -11.5. The fraction of sp³-hybridized carbons (Fsp3) is 0.333. The van der Waals surface area contributed by atoms with E-state index in [1.54, 1.807) is 0 Å². The fourth-order valence-corrected chi connectivity index (χ4v) is 0.959. The van der Waals surface area contributed by atoms with Crippen molar-refractivity contribution in [2.75, 3.05) is 5.73 Å². The van der Waals surface area contributed by atoms with E-state index in [2.05, 4.69) is 4.74 Å². The lowest BCUT2D eigenvalue weighted by atomic mass is 10.2. The monoisotopic (exact) mass is 295 g/mol. The number of ether oxygens (including phenoxy) is 1. The minimum Gasteiger partial charge on any atom is -0.425 e. The van der Waals surface area contributed by atoms with Gasteiger partial charge in [-0.3, -0.25) is 0 Å². The molecule has 10 heteroatoms. The van der Waals surface area contributed by atoms with Gasteiger partial charge in [-0.2, -0.15) is 22.0 Å². The zero-order valence-electron chi connectivity index (χ0n) is 8.74. The van der Waals surface area contributed by atoms with Crippen molar-refractivity contribution in [3.05, 3.63) is 23.8 Å². The number of nitrogens with two attached hydrogens (primary N) is 1. The summed E-state index contributed by atoms with van der Waals surface area (Å²) in [6.07, 6.45) is -10.5. The van der Waals surface area contributed by atoms with E-state index in [1.165, 1.54) is 0 Å². The summed E-state index contributed by atoms with van der Waals surface area (Å²) in [7, 11) is 0. The molecule has 2 N–H and O–H groups in total. The molecule has 2 nitrogen and oxygen atoms in total. The number of nitrogen functional groups attached to an aromatic ring is 1. The van der Waals surface area contributed by atoms with Gasteiger partial charge in [0.15, 0.2) is 11.6 Å². The van der Waals surface area contributed by atoms with Gasteiger partial charge in [0.25, 0.3) is 0 Å². The predicted molar refractivity (Wildman–Crippen MR) is 47.3 cm³/mol. The summed E-state index contributed by atoms with van der Waals surface area (Å²) >= 11 is 0. The Hall–Kier alpha value is -1.74. The van der Waals surface area contributed by atoms with Crippen molar-refractivity contribution >= 4 is 5.69 Å². The van der Waals surface area contributed by atoms with Crippen molar-refractivity contribution < 1.29 is 39.9 Å². The Bertz CT molecular complexity index is 476. The molecule has 0 aromatic heterocycles. The Kier molecular flexibility index (Phi) is 3.82. The molecule has 108 valence electrons. The van der Waals surface area contributed by atoms with Crippen LogP contribution < -0.4 is 10.5 Å². The number of benzene rings is 1. The third-order valence-corrected chi connectivity index (χ3v) is 1.98. The maximum absolute atomic E-state index is 13.0. The number of anilines is 1. The minimum absolute atomic E-state index is 0.309. The maximum atomic E-state index is 13.0. The molecule has 0 aliphatic carbocycles. The molecule has 0 aliphatic rings. The lowest BCUT2D eigenvalue weighted by molar-refractivity contribution is -0.342. The van der Waals surface area contributed by atoms with Gasteiger partial charge < -0.3 is 10.5 Å². The van der Waals surface area contributed by atoms with Crippen LogP contribution in [0.2, 0.25) is 0 Å². The minimum atomic E-state index is -5.88. The molecular formula is C9H5F8NO. The second-order valence-corrected chi connectivity index (χ2v) is 3.32. The summed E-state index contributed by atoms with van der Waals surface area (Å²) in [4.78, 5) is 0. The Morgan fingerprint density at radius 2 is 1.53 bits per heavy atom. The first-order valence-corrected chi connectivity index (χ1v) is 4.47. The molecule has 0 saturated heterocycles. The van der Waals surface area contributed by atoms with Gasteiger partial charge in [0.2, 0.25) is 5.82 Å². The van der Waals surface area contributed by atoms with Crippen molar-refractivity contribution in [3.8, 4) is 5.75 Å². The highest BCUT2D eigenvalue weighted by Crippen LogP contribution is 2.41. The fourth-order valence-electron chi connectivity index (χ4n) is 0.959. The molecule has 0 radical (unpaired) electrons. The second kappa shape index (κ2) is 4.74. The average molecular weight is 295 g/mol. The topological polar surface area (TPSA) is 35.2 Å². The van der Waals surface area contributed by atoms with Gasteiger partial charge in [0.1, 0.15) is 0 Å². The molecule has 0 saturated carbocycles. The normalized spacial score (nSPS) is 12.9. The standard InChI is InChI=1S/C9H5F8NO/c10-5-3(18)1-2-4(6(5)11)19-9(16,17)8(14,15)7(12)13/h1-2,7H,18H2. The number of rotatable bonds is 4. The van der Waals surface area contributed by atoms with E-state index in [0.717, 1.165) is 0 Å². The summed E-state index contributed by atoms with van der Waals surface area (Å²) in [5.41, 5.74) is 4.06. The lowest BCUT2D eigenvalue weighted by Gasteiger charge is -2.25.